The third kappa shape index (κ3) is 4.76. The van der Waals surface area contributed by atoms with Crippen molar-refractivity contribution in [2.75, 3.05) is 11.9 Å². The Morgan fingerprint density at radius 3 is 2.30 bits per heavy atom. The Bertz CT molecular complexity index is 1240. The molecule has 0 fully saturated rings. The lowest BCUT2D eigenvalue weighted by atomic mass is 10.0. The molecular formula is C26H22ClFN2O3. The lowest BCUT2D eigenvalue weighted by Gasteiger charge is -2.15. The molecule has 0 saturated carbocycles. The third-order valence-electron chi connectivity index (χ3n) is 5.32. The summed E-state index contributed by atoms with van der Waals surface area (Å²) in [7, 11) is 0. The van der Waals surface area contributed by atoms with E-state index in [1.165, 1.54) is 12.1 Å². The van der Waals surface area contributed by atoms with Gasteiger partial charge in [0.05, 0.1) is 18.7 Å². The number of benzene rings is 3. The summed E-state index contributed by atoms with van der Waals surface area (Å²) >= 11 is 6.25. The predicted molar refractivity (Wildman–Crippen MR) is 126 cm³/mol. The molecular weight excluding hydrogens is 443 g/mol. The number of nitrogens with zero attached hydrogens (tertiary/aromatic N) is 1. The van der Waals surface area contributed by atoms with E-state index in [9.17, 15) is 14.0 Å². The summed E-state index contributed by atoms with van der Waals surface area (Å²) in [5.74, 6) is -0.620. The lowest BCUT2D eigenvalue weighted by molar-refractivity contribution is -0.137. The van der Waals surface area contributed by atoms with Gasteiger partial charge in [-0.25, -0.2) is 4.39 Å². The van der Waals surface area contributed by atoms with Gasteiger partial charge in [-0.05, 0) is 66.9 Å². The van der Waals surface area contributed by atoms with Gasteiger partial charge in [0.15, 0.2) is 0 Å². The SMILES string of the molecule is CCOc1ccc(C2=C(Nc3ccc(C)c(Cl)c3)C(=O)N(Cc3ccc(F)cc3)C2=O)cc1. The van der Waals surface area contributed by atoms with Crippen molar-refractivity contribution >= 4 is 34.7 Å². The summed E-state index contributed by atoms with van der Waals surface area (Å²) in [4.78, 5) is 27.9. The zero-order chi connectivity index (χ0) is 23.5. The highest BCUT2D eigenvalue weighted by Crippen LogP contribution is 2.33. The molecule has 168 valence electrons. The second-order valence-corrected chi connectivity index (χ2v) is 8.03. The van der Waals surface area contributed by atoms with E-state index in [-0.39, 0.29) is 23.6 Å². The van der Waals surface area contributed by atoms with Crippen molar-refractivity contribution in [3.05, 3.63) is 100.0 Å². The second-order valence-electron chi connectivity index (χ2n) is 7.62. The minimum atomic E-state index is -0.468. The number of amides is 2. The number of carbonyl (C=O) groups is 2. The van der Waals surface area contributed by atoms with Gasteiger partial charge >= 0.3 is 0 Å². The molecule has 4 rings (SSSR count). The highest BCUT2D eigenvalue weighted by molar-refractivity contribution is 6.36. The number of anilines is 1. The Morgan fingerprint density at radius 1 is 0.970 bits per heavy atom. The topological polar surface area (TPSA) is 58.6 Å². The van der Waals surface area contributed by atoms with Gasteiger partial charge in [-0.3, -0.25) is 14.5 Å². The molecule has 1 heterocycles. The molecule has 1 N–H and O–H groups in total. The molecule has 7 heteroatoms. The largest absolute Gasteiger partial charge is 0.494 e. The maximum absolute atomic E-state index is 13.4. The Kier molecular flexibility index (Phi) is 6.47. The minimum Gasteiger partial charge on any atom is -0.494 e. The molecule has 0 aliphatic carbocycles. The fourth-order valence-electron chi connectivity index (χ4n) is 3.58. The van der Waals surface area contributed by atoms with Crippen molar-refractivity contribution in [2.24, 2.45) is 0 Å². The van der Waals surface area contributed by atoms with E-state index in [4.69, 9.17) is 16.3 Å². The van der Waals surface area contributed by atoms with Gasteiger partial charge in [0.25, 0.3) is 11.8 Å². The first-order valence-electron chi connectivity index (χ1n) is 10.5. The Balaban J connectivity index is 1.72. The lowest BCUT2D eigenvalue weighted by Crippen LogP contribution is -2.32. The first-order valence-corrected chi connectivity index (χ1v) is 10.9. The maximum atomic E-state index is 13.4. The molecule has 2 amide bonds. The highest BCUT2D eigenvalue weighted by Gasteiger charge is 2.39. The number of hydrogen-bond acceptors (Lipinski definition) is 4. The van der Waals surface area contributed by atoms with Gasteiger partial charge in [0, 0.05) is 10.7 Å². The Labute approximate surface area is 196 Å². The zero-order valence-electron chi connectivity index (χ0n) is 18.2. The van der Waals surface area contributed by atoms with Crippen molar-refractivity contribution in [2.45, 2.75) is 20.4 Å². The van der Waals surface area contributed by atoms with Crippen LogP contribution < -0.4 is 10.1 Å². The monoisotopic (exact) mass is 464 g/mol. The smallest absolute Gasteiger partial charge is 0.278 e. The first-order chi connectivity index (χ1) is 15.9. The van der Waals surface area contributed by atoms with Gasteiger partial charge in [-0.1, -0.05) is 41.9 Å². The molecule has 0 spiro atoms. The minimum absolute atomic E-state index is 0.0261. The normalized spacial score (nSPS) is 13.6. The van der Waals surface area contributed by atoms with Crippen LogP contribution in [0.5, 0.6) is 5.75 Å². The number of imide groups is 1. The summed E-state index contributed by atoms with van der Waals surface area (Å²) in [5.41, 5.74) is 3.12. The molecule has 33 heavy (non-hydrogen) atoms. The molecule has 0 atom stereocenters. The van der Waals surface area contributed by atoms with E-state index < -0.39 is 11.8 Å². The molecule has 3 aromatic rings. The number of hydrogen-bond donors (Lipinski definition) is 1. The fourth-order valence-corrected chi connectivity index (χ4v) is 3.76. The number of ether oxygens (including phenoxy) is 1. The summed E-state index contributed by atoms with van der Waals surface area (Å²) < 4.78 is 18.8. The molecule has 1 aliphatic heterocycles. The number of rotatable bonds is 7. The number of aryl methyl sites for hydroxylation is 1. The third-order valence-corrected chi connectivity index (χ3v) is 5.72. The van der Waals surface area contributed by atoms with Crippen LogP contribution in [0, 0.1) is 12.7 Å². The van der Waals surface area contributed by atoms with E-state index in [2.05, 4.69) is 5.32 Å². The highest BCUT2D eigenvalue weighted by atomic mass is 35.5. The number of nitrogens with one attached hydrogen (secondary N) is 1. The Morgan fingerprint density at radius 2 is 1.67 bits per heavy atom. The molecule has 3 aromatic carbocycles. The van der Waals surface area contributed by atoms with Crippen LogP contribution >= 0.6 is 11.6 Å². The molecule has 0 unspecified atom stereocenters. The number of carbonyl (C=O) groups excluding carboxylic acids is 2. The molecule has 5 nitrogen and oxygen atoms in total. The summed E-state index contributed by atoms with van der Waals surface area (Å²) in [5, 5.41) is 3.64. The Hall–Kier alpha value is -3.64. The van der Waals surface area contributed by atoms with Crippen molar-refractivity contribution in [1.82, 2.24) is 4.90 Å². The van der Waals surface area contributed by atoms with E-state index in [1.54, 1.807) is 48.5 Å². The van der Waals surface area contributed by atoms with Crippen molar-refractivity contribution in [1.29, 1.82) is 0 Å². The van der Waals surface area contributed by atoms with Crippen molar-refractivity contribution in [3.63, 3.8) is 0 Å². The van der Waals surface area contributed by atoms with Crippen LogP contribution in [0.15, 0.2) is 72.4 Å². The van der Waals surface area contributed by atoms with Crippen LogP contribution in [0.3, 0.4) is 0 Å². The van der Waals surface area contributed by atoms with Crippen LogP contribution in [-0.4, -0.2) is 23.3 Å². The first kappa shape index (κ1) is 22.6. The molecule has 0 bridgehead atoms. The van der Waals surface area contributed by atoms with Crippen LogP contribution in [0.25, 0.3) is 5.57 Å². The molecule has 0 saturated heterocycles. The van der Waals surface area contributed by atoms with Crippen LogP contribution in [0.1, 0.15) is 23.6 Å². The van der Waals surface area contributed by atoms with E-state index in [1.807, 2.05) is 19.9 Å². The average Bonchev–Trinajstić information content (AvgIpc) is 3.03. The second kappa shape index (κ2) is 9.46. The van der Waals surface area contributed by atoms with E-state index >= 15 is 0 Å². The molecule has 0 aromatic heterocycles. The number of halogens is 2. The van der Waals surface area contributed by atoms with Gasteiger partial charge in [0.1, 0.15) is 17.3 Å². The summed E-state index contributed by atoms with van der Waals surface area (Å²) in [6, 6.07) is 18.1. The van der Waals surface area contributed by atoms with Gasteiger partial charge in [0.2, 0.25) is 0 Å². The van der Waals surface area contributed by atoms with Gasteiger partial charge in [-0.2, -0.15) is 0 Å². The zero-order valence-corrected chi connectivity index (χ0v) is 18.9. The van der Waals surface area contributed by atoms with Crippen LogP contribution in [-0.2, 0) is 16.1 Å². The van der Waals surface area contributed by atoms with E-state index in [0.717, 1.165) is 10.5 Å². The van der Waals surface area contributed by atoms with Crippen molar-refractivity contribution in [3.8, 4) is 5.75 Å². The molecule has 0 radical (unpaired) electrons. The summed E-state index contributed by atoms with van der Waals surface area (Å²) in [6.45, 7) is 4.31. The predicted octanol–water partition coefficient (Wildman–Crippen LogP) is 5.58. The summed E-state index contributed by atoms with van der Waals surface area (Å²) in [6.07, 6.45) is 0. The average molecular weight is 465 g/mol. The van der Waals surface area contributed by atoms with Crippen molar-refractivity contribution < 1.29 is 18.7 Å². The van der Waals surface area contributed by atoms with E-state index in [0.29, 0.717) is 34.2 Å². The van der Waals surface area contributed by atoms with Crippen LogP contribution in [0.4, 0.5) is 10.1 Å². The van der Waals surface area contributed by atoms with Gasteiger partial charge in [-0.15, -0.1) is 0 Å². The molecule has 1 aliphatic rings. The van der Waals surface area contributed by atoms with Crippen LogP contribution in [0.2, 0.25) is 5.02 Å². The standard InChI is InChI=1S/C26H22ClFN2O3/c1-3-33-21-12-7-18(8-13-21)23-24(29-20-11-4-16(2)22(27)14-20)26(32)30(25(23)31)15-17-5-9-19(28)10-6-17/h4-14,29H,3,15H2,1-2H3. The quantitative estimate of drug-likeness (QED) is 0.464. The maximum Gasteiger partial charge on any atom is 0.278 e. The van der Waals surface area contributed by atoms with Gasteiger partial charge < -0.3 is 10.1 Å². The fraction of sp³-hybridized carbons (Fsp3) is 0.154.